The highest BCUT2D eigenvalue weighted by atomic mass is 32.1. The molecule has 0 unspecified atom stereocenters. The summed E-state index contributed by atoms with van der Waals surface area (Å²) in [5.74, 6) is 0. The Kier molecular flexibility index (Phi) is 4.28. The van der Waals surface area contributed by atoms with Gasteiger partial charge in [0.05, 0.1) is 4.92 Å². The van der Waals surface area contributed by atoms with Crippen molar-refractivity contribution >= 4 is 16.3 Å². The number of hydrogen-bond donors (Lipinski definition) is 1. The van der Waals surface area contributed by atoms with Crippen molar-refractivity contribution in [3.63, 3.8) is 0 Å². The summed E-state index contributed by atoms with van der Waals surface area (Å²) in [5, 5.41) is 13.7. The SMILES string of the molecule is C=CCCNCc1ccc([N+](=O)[O-])s1. The van der Waals surface area contributed by atoms with Crippen molar-refractivity contribution in [2.24, 2.45) is 0 Å². The Morgan fingerprint density at radius 3 is 3.00 bits per heavy atom. The van der Waals surface area contributed by atoms with Crippen molar-refractivity contribution in [3.05, 3.63) is 39.8 Å². The van der Waals surface area contributed by atoms with Gasteiger partial charge >= 0.3 is 5.00 Å². The number of nitrogens with zero attached hydrogens (tertiary/aromatic N) is 1. The predicted molar refractivity (Wildman–Crippen MR) is 57.5 cm³/mol. The van der Waals surface area contributed by atoms with E-state index in [4.69, 9.17) is 0 Å². The first-order valence-electron chi connectivity index (χ1n) is 4.28. The molecule has 0 bridgehead atoms. The average Bonchev–Trinajstić information content (AvgIpc) is 2.61. The Morgan fingerprint density at radius 2 is 2.43 bits per heavy atom. The van der Waals surface area contributed by atoms with E-state index < -0.39 is 0 Å². The minimum Gasteiger partial charge on any atom is -0.312 e. The van der Waals surface area contributed by atoms with Crippen LogP contribution in [0.3, 0.4) is 0 Å². The van der Waals surface area contributed by atoms with Gasteiger partial charge in [0.15, 0.2) is 0 Å². The van der Waals surface area contributed by atoms with Crippen LogP contribution in [-0.4, -0.2) is 11.5 Å². The molecule has 0 atom stereocenters. The van der Waals surface area contributed by atoms with Gasteiger partial charge in [-0.15, -0.1) is 6.58 Å². The van der Waals surface area contributed by atoms with Gasteiger partial charge in [-0.3, -0.25) is 10.1 Å². The smallest absolute Gasteiger partial charge is 0.312 e. The molecule has 0 amide bonds. The second-order valence-electron chi connectivity index (χ2n) is 2.75. The van der Waals surface area contributed by atoms with Crippen LogP contribution < -0.4 is 5.32 Å². The van der Waals surface area contributed by atoms with Crippen molar-refractivity contribution < 1.29 is 4.92 Å². The van der Waals surface area contributed by atoms with E-state index in [0.29, 0.717) is 6.54 Å². The van der Waals surface area contributed by atoms with Gasteiger partial charge in [-0.2, -0.15) is 0 Å². The maximum Gasteiger partial charge on any atom is 0.324 e. The average molecular weight is 212 g/mol. The molecule has 0 aliphatic carbocycles. The van der Waals surface area contributed by atoms with Gasteiger partial charge in [0.1, 0.15) is 0 Å². The summed E-state index contributed by atoms with van der Waals surface area (Å²) in [6.07, 6.45) is 2.75. The predicted octanol–water partition coefficient (Wildman–Crippen LogP) is 2.32. The van der Waals surface area contributed by atoms with E-state index in [2.05, 4.69) is 11.9 Å². The molecule has 0 aromatic carbocycles. The third kappa shape index (κ3) is 3.27. The fourth-order valence-corrected chi connectivity index (χ4v) is 1.76. The summed E-state index contributed by atoms with van der Waals surface area (Å²) >= 11 is 1.21. The van der Waals surface area contributed by atoms with Crippen LogP contribution in [0.2, 0.25) is 0 Å². The highest BCUT2D eigenvalue weighted by molar-refractivity contribution is 7.15. The fraction of sp³-hybridized carbons (Fsp3) is 0.333. The second kappa shape index (κ2) is 5.51. The van der Waals surface area contributed by atoms with Crippen LogP contribution in [0.25, 0.3) is 0 Å². The highest BCUT2D eigenvalue weighted by Crippen LogP contribution is 2.23. The molecule has 1 aromatic rings. The number of rotatable bonds is 6. The summed E-state index contributed by atoms with van der Waals surface area (Å²) in [4.78, 5) is 11.0. The number of hydrogen-bond acceptors (Lipinski definition) is 4. The molecule has 0 radical (unpaired) electrons. The maximum atomic E-state index is 10.4. The summed E-state index contributed by atoms with van der Waals surface area (Å²) < 4.78 is 0. The van der Waals surface area contributed by atoms with Gasteiger partial charge in [-0.05, 0) is 19.0 Å². The molecule has 1 heterocycles. The molecule has 0 fully saturated rings. The van der Waals surface area contributed by atoms with E-state index in [-0.39, 0.29) is 9.92 Å². The second-order valence-corrected chi connectivity index (χ2v) is 3.90. The zero-order valence-electron chi connectivity index (χ0n) is 7.73. The van der Waals surface area contributed by atoms with Gasteiger partial charge in [-0.25, -0.2) is 0 Å². The summed E-state index contributed by atoms with van der Waals surface area (Å²) in [5.41, 5.74) is 0. The first kappa shape index (κ1) is 10.9. The zero-order valence-corrected chi connectivity index (χ0v) is 8.55. The molecule has 4 nitrogen and oxygen atoms in total. The lowest BCUT2D eigenvalue weighted by Gasteiger charge is -1.98. The lowest BCUT2D eigenvalue weighted by molar-refractivity contribution is -0.380. The summed E-state index contributed by atoms with van der Waals surface area (Å²) in [6, 6.07) is 3.32. The van der Waals surface area contributed by atoms with E-state index in [1.165, 1.54) is 17.4 Å². The molecule has 14 heavy (non-hydrogen) atoms. The Balaban J connectivity index is 2.36. The molecule has 1 rings (SSSR count). The summed E-state index contributed by atoms with van der Waals surface area (Å²) in [7, 11) is 0. The fourth-order valence-electron chi connectivity index (χ4n) is 0.975. The van der Waals surface area contributed by atoms with Gasteiger partial charge in [0.25, 0.3) is 0 Å². The first-order valence-corrected chi connectivity index (χ1v) is 5.10. The van der Waals surface area contributed by atoms with E-state index in [1.54, 1.807) is 6.07 Å². The quantitative estimate of drug-likeness (QED) is 0.341. The summed E-state index contributed by atoms with van der Waals surface area (Å²) in [6.45, 7) is 5.15. The van der Waals surface area contributed by atoms with Crippen molar-refractivity contribution in [2.45, 2.75) is 13.0 Å². The largest absolute Gasteiger partial charge is 0.324 e. The minimum absolute atomic E-state index is 0.200. The molecule has 1 aromatic heterocycles. The van der Waals surface area contributed by atoms with Crippen LogP contribution >= 0.6 is 11.3 Å². The normalized spacial score (nSPS) is 10.0. The van der Waals surface area contributed by atoms with Crippen LogP contribution in [-0.2, 0) is 6.54 Å². The molecule has 0 aliphatic heterocycles. The molecular formula is C9H12N2O2S. The third-order valence-corrected chi connectivity index (χ3v) is 2.69. The maximum absolute atomic E-state index is 10.4. The Labute approximate surface area is 86.4 Å². The van der Waals surface area contributed by atoms with Crippen molar-refractivity contribution in [2.75, 3.05) is 6.54 Å². The van der Waals surface area contributed by atoms with E-state index >= 15 is 0 Å². The molecule has 0 spiro atoms. The molecule has 0 saturated heterocycles. The third-order valence-electron chi connectivity index (χ3n) is 1.65. The number of thiophene rings is 1. The van der Waals surface area contributed by atoms with Gasteiger partial charge in [0, 0.05) is 17.5 Å². The molecule has 0 saturated carbocycles. The number of nitrogens with one attached hydrogen (secondary N) is 1. The Morgan fingerprint density at radius 1 is 1.64 bits per heavy atom. The van der Waals surface area contributed by atoms with Crippen molar-refractivity contribution in [3.8, 4) is 0 Å². The van der Waals surface area contributed by atoms with E-state index in [9.17, 15) is 10.1 Å². The van der Waals surface area contributed by atoms with Crippen LogP contribution in [0.5, 0.6) is 0 Å². The molecule has 76 valence electrons. The topological polar surface area (TPSA) is 55.2 Å². The first-order chi connectivity index (χ1) is 6.74. The van der Waals surface area contributed by atoms with Crippen LogP contribution in [0.4, 0.5) is 5.00 Å². The van der Waals surface area contributed by atoms with Gasteiger partial charge in [-0.1, -0.05) is 17.4 Å². The van der Waals surface area contributed by atoms with Crippen molar-refractivity contribution in [1.29, 1.82) is 0 Å². The molecular weight excluding hydrogens is 200 g/mol. The Bertz CT molecular complexity index is 322. The van der Waals surface area contributed by atoms with Crippen LogP contribution in [0, 0.1) is 10.1 Å². The van der Waals surface area contributed by atoms with Gasteiger partial charge < -0.3 is 5.32 Å². The molecule has 0 aliphatic rings. The monoisotopic (exact) mass is 212 g/mol. The minimum atomic E-state index is -0.363. The molecule has 1 N–H and O–H groups in total. The van der Waals surface area contributed by atoms with Crippen LogP contribution in [0.1, 0.15) is 11.3 Å². The lowest BCUT2D eigenvalue weighted by atomic mass is 10.4. The van der Waals surface area contributed by atoms with E-state index in [0.717, 1.165) is 17.8 Å². The standard InChI is InChI=1S/C9H12N2O2S/c1-2-3-6-10-7-8-4-5-9(14-8)11(12)13/h2,4-5,10H,1,3,6-7H2. The Hall–Kier alpha value is -1.20. The van der Waals surface area contributed by atoms with E-state index in [1.807, 2.05) is 6.08 Å². The molecule has 5 heteroatoms. The van der Waals surface area contributed by atoms with Gasteiger partial charge in [0.2, 0.25) is 0 Å². The number of nitro groups is 1. The lowest BCUT2D eigenvalue weighted by Crippen LogP contribution is -2.12. The van der Waals surface area contributed by atoms with Crippen LogP contribution in [0.15, 0.2) is 24.8 Å². The zero-order chi connectivity index (χ0) is 10.4. The van der Waals surface area contributed by atoms with Crippen molar-refractivity contribution in [1.82, 2.24) is 5.32 Å². The highest BCUT2D eigenvalue weighted by Gasteiger charge is 2.08.